The van der Waals surface area contributed by atoms with Crippen LogP contribution in [0.3, 0.4) is 0 Å². The third kappa shape index (κ3) is 5.26. The summed E-state index contributed by atoms with van der Waals surface area (Å²) in [5, 5.41) is 5.03. The quantitative estimate of drug-likeness (QED) is 0.486. The molecule has 0 bridgehead atoms. The molecule has 4 heterocycles. The number of hydrogen-bond donors (Lipinski definition) is 1. The Morgan fingerprint density at radius 2 is 2.03 bits per heavy atom. The molecule has 3 aromatic rings. The molecular formula is C23H21ClF3N5O2S. The number of fused-ring (bicyclic) bond motifs is 1. The number of amides is 1. The first kappa shape index (κ1) is 24.0. The summed E-state index contributed by atoms with van der Waals surface area (Å²) in [5.41, 5.74) is 1.69. The van der Waals surface area contributed by atoms with Gasteiger partial charge in [0.2, 0.25) is 5.95 Å². The second-order valence-corrected chi connectivity index (χ2v) is 9.74. The zero-order valence-electron chi connectivity index (χ0n) is 18.4. The van der Waals surface area contributed by atoms with E-state index in [-0.39, 0.29) is 24.9 Å². The summed E-state index contributed by atoms with van der Waals surface area (Å²) >= 11 is 7.34. The van der Waals surface area contributed by atoms with Gasteiger partial charge in [0.05, 0.1) is 21.9 Å². The number of carbonyl (C=O) groups excluding carboxylic acids is 1. The van der Waals surface area contributed by atoms with E-state index in [2.05, 4.69) is 20.3 Å². The summed E-state index contributed by atoms with van der Waals surface area (Å²) in [7, 11) is 0. The van der Waals surface area contributed by atoms with E-state index in [9.17, 15) is 18.0 Å². The zero-order valence-corrected chi connectivity index (χ0v) is 20.0. The topological polar surface area (TPSA) is 80.2 Å². The number of rotatable bonds is 6. The van der Waals surface area contributed by atoms with Crippen LogP contribution in [0.2, 0.25) is 5.02 Å². The number of ether oxygens (including phenoxy) is 1. The standard InChI is InChI=1S/C23H21ClF3N5O2S/c24-17-10-28-22(29-15-4-7-34-8-5-15)31-20(17)13-1-2-14-11-32(21(33)16(14)9-13)6-3-19-30-18(12-35-19)23(25,26)27/h1-2,9-10,12,15H,3-8,11H2,(H,28,29,31). The van der Waals surface area contributed by atoms with Crippen LogP contribution >= 0.6 is 22.9 Å². The average molecular weight is 524 g/mol. The first-order valence-electron chi connectivity index (χ1n) is 11.1. The number of nitrogens with one attached hydrogen (secondary N) is 1. The van der Waals surface area contributed by atoms with Crippen molar-refractivity contribution in [2.45, 2.75) is 38.0 Å². The van der Waals surface area contributed by atoms with Crippen molar-refractivity contribution in [1.29, 1.82) is 0 Å². The van der Waals surface area contributed by atoms with Gasteiger partial charge in [-0.3, -0.25) is 4.79 Å². The molecule has 12 heteroatoms. The van der Waals surface area contributed by atoms with Gasteiger partial charge in [-0.05, 0) is 24.5 Å². The Bertz CT molecular complexity index is 1250. The Hall–Kier alpha value is -2.76. The maximum absolute atomic E-state index is 13.0. The van der Waals surface area contributed by atoms with Gasteiger partial charge in [-0.2, -0.15) is 13.2 Å². The monoisotopic (exact) mass is 523 g/mol. The Kier molecular flexibility index (Phi) is 6.65. The molecule has 2 aliphatic heterocycles. The van der Waals surface area contributed by atoms with Crippen LogP contribution in [-0.4, -0.2) is 51.6 Å². The van der Waals surface area contributed by atoms with E-state index >= 15 is 0 Å². The lowest BCUT2D eigenvalue weighted by atomic mass is 10.0. The minimum absolute atomic E-state index is 0.180. The van der Waals surface area contributed by atoms with Crippen LogP contribution < -0.4 is 5.32 Å². The second kappa shape index (κ2) is 9.71. The first-order chi connectivity index (χ1) is 16.8. The Morgan fingerprint density at radius 1 is 1.23 bits per heavy atom. The SMILES string of the molecule is O=C1c2cc(-c3nc(NC4CCOCC4)ncc3Cl)ccc2CN1CCc1nc(C(F)(F)F)cs1. The molecule has 35 heavy (non-hydrogen) atoms. The van der Waals surface area contributed by atoms with Gasteiger partial charge >= 0.3 is 6.18 Å². The van der Waals surface area contributed by atoms with E-state index in [0.29, 0.717) is 52.6 Å². The van der Waals surface area contributed by atoms with Gasteiger partial charge in [0, 0.05) is 55.3 Å². The van der Waals surface area contributed by atoms with Crippen LogP contribution in [-0.2, 0) is 23.9 Å². The highest BCUT2D eigenvalue weighted by Gasteiger charge is 2.34. The molecule has 1 aromatic carbocycles. The van der Waals surface area contributed by atoms with Gasteiger partial charge < -0.3 is 15.0 Å². The van der Waals surface area contributed by atoms with Gasteiger partial charge in [0.15, 0.2) is 5.69 Å². The zero-order chi connectivity index (χ0) is 24.6. The molecule has 0 spiro atoms. The molecule has 0 saturated carbocycles. The third-order valence-electron chi connectivity index (χ3n) is 6.00. The van der Waals surface area contributed by atoms with E-state index in [1.165, 1.54) is 6.20 Å². The molecule has 1 amide bonds. The maximum Gasteiger partial charge on any atom is 0.434 e. The molecule has 0 radical (unpaired) electrons. The van der Waals surface area contributed by atoms with Crippen molar-refractivity contribution in [1.82, 2.24) is 19.9 Å². The van der Waals surface area contributed by atoms with Crippen molar-refractivity contribution < 1.29 is 22.7 Å². The highest BCUT2D eigenvalue weighted by molar-refractivity contribution is 7.09. The van der Waals surface area contributed by atoms with E-state index in [1.54, 1.807) is 11.0 Å². The molecule has 2 aromatic heterocycles. The summed E-state index contributed by atoms with van der Waals surface area (Å²) < 4.78 is 43.7. The van der Waals surface area contributed by atoms with Gasteiger partial charge in [-0.25, -0.2) is 15.0 Å². The molecule has 1 fully saturated rings. The van der Waals surface area contributed by atoms with Crippen molar-refractivity contribution in [3.8, 4) is 11.3 Å². The summed E-state index contributed by atoms with van der Waals surface area (Å²) in [5.74, 6) is 0.284. The molecule has 2 aliphatic rings. The molecule has 1 N–H and O–H groups in total. The Balaban J connectivity index is 1.29. The van der Waals surface area contributed by atoms with Crippen molar-refractivity contribution >= 4 is 34.8 Å². The van der Waals surface area contributed by atoms with Gasteiger partial charge in [0.25, 0.3) is 5.91 Å². The predicted octanol–water partition coefficient (Wildman–Crippen LogP) is 5.06. The number of nitrogens with zero attached hydrogens (tertiary/aromatic N) is 4. The highest BCUT2D eigenvalue weighted by atomic mass is 35.5. The fourth-order valence-electron chi connectivity index (χ4n) is 4.14. The lowest BCUT2D eigenvalue weighted by Crippen LogP contribution is -2.28. The number of alkyl halides is 3. The average Bonchev–Trinajstić information content (AvgIpc) is 3.44. The minimum atomic E-state index is -4.46. The molecule has 1 saturated heterocycles. The lowest BCUT2D eigenvalue weighted by molar-refractivity contribution is -0.140. The summed E-state index contributed by atoms with van der Waals surface area (Å²) in [4.78, 5) is 27.1. The minimum Gasteiger partial charge on any atom is -0.381 e. The number of anilines is 1. The van der Waals surface area contributed by atoms with Crippen molar-refractivity contribution in [3.63, 3.8) is 0 Å². The Morgan fingerprint density at radius 3 is 2.77 bits per heavy atom. The number of aromatic nitrogens is 3. The van der Waals surface area contributed by atoms with Crippen LogP contribution in [0.5, 0.6) is 0 Å². The number of hydrogen-bond acceptors (Lipinski definition) is 7. The highest BCUT2D eigenvalue weighted by Crippen LogP contribution is 2.33. The molecule has 7 nitrogen and oxygen atoms in total. The van der Waals surface area contributed by atoms with E-state index in [0.717, 1.165) is 35.1 Å². The molecule has 184 valence electrons. The number of benzene rings is 1. The molecule has 0 aliphatic carbocycles. The molecule has 0 unspecified atom stereocenters. The smallest absolute Gasteiger partial charge is 0.381 e. The van der Waals surface area contributed by atoms with E-state index < -0.39 is 11.9 Å². The van der Waals surface area contributed by atoms with Gasteiger partial charge in [-0.1, -0.05) is 23.7 Å². The summed E-state index contributed by atoms with van der Waals surface area (Å²) in [6.07, 6.45) is -0.943. The van der Waals surface area contributed by atoms with Crippen LogP contribution in [0, 0.1) is 0 Å². The van der Waals surface area contributed by atoms with Crippen LogP contribution in [0.15, 0.2) is 29.8 Å². The molecule has 5 rings (SSSR count). The van der Waals surface area contributed by atoms with Crippen LogP contribution in [0.4, 0.5) is 19.1 Å². The van der Waals surface area contributed by atoms with Crippen molar-refractivity contribution in [2.75, 3.05) is 25.1 Å². The summed E-state index contributed by atoms with van der Waals surface area (Å²) in [6, 6.07) is 5.70. The van der Waals surface area contributed by atoms with Crippen LogP contribution in [0.25, 0.3) is 11.3 Å². The van der Waals surface area contributed by atoms with Gasteiger partial charge in [0.1, 0.15) is 0 Å². The Labute approximate surface area is 208 Å². The maximum atomic E-state index is 13.0. The lowest BCUT2D eigenvalue weighted by Gasteiger charge is -2.23. The molecular weight excluding hydrogens is 503 g/mol. The van der Waals surface area contributed by atoms with Gasteiger partial charge in [-0.15, -0.1) is 11.3 Å². The van der Waals surface area contributed by atoms with Crippen LogP contribution in [0.1, 0.15) is 39.5 Å². The first-order valence-corrected chi connectivity index (χ1v) is 12.3. The molecule has 0 atom stereocenters. The van der Waals surface area contributed by atoms with E-state index in [1.807, 2.05) is 12.1 Å². The number of carbonyl (C=O) groups is 1. The largest absolute Gasteiger partial charge is 0.434 e. The summed E-state index contributed by atoms with van der Waals surface area (Å²) in [6.45, 7) is 2.04. The van der Waals surface area contributed by atoms with Crippen molar-refractivity contribution in [2.24, 2.45) is 0 Å². The third-order valence-corrected chi connectivity index (χ3v) is 7.18. The normalized spacial score (nSPS) is 16.6. The second-order valence-electron chi connectivity index (χ2n) is 8.39. The predicted molar refractivity (Wildman–Crippen MR) is 126 cm³/mol. The number of halogens is 4. The van der Waals surface area contributed by atoms with Crippen molar-refractivity contribution in [3.05, 3.63) is 56.6 Å². The fraction of sp³-hybridized carbons (Fsp3) is 0.391. The van der Waals surface area contributed by atoms with E-state index in [4.69, 9.17) is 16.3 Å². The fourth-order valence-corrected chi connectivity index (χ4v) is 5.13. The number of thiazole rings is 1.